The number of hydrogen-bond donors (Lipinski definition) is 1. The number of aromatic nitrogens is 1. The Labute approximate surface area is 197 Å². The highest BCUT2D eigenvalue weighted by Crippen LogP contribution is 2.44. The molecule has 0 radical (unpaired) electrons. The molecule has 174 valence electrons. The summed E-state index contributed by atoms with van der Waals surface area (Å²) >= 11 is 0.836. The fraction of sp³-hybridized carbons (Fsp3) is 0.167. The summed E-state index contributed by atoms with van der Waals surface area (Å²) in [6, 6.07) is 10.6. The van der Waals surface area contributed by atoms with E-state index in [0.29, 0.717) is 5.75 Å². The van der Waals surface area contributed by atoms with Crippen LogP contribution in [-0.2, 0) is 14.3 Å². The molecule has 2 aromatic carbocycles. The molecule has 1 atom stereocenters. The number of carbonyl (C=O) groups excluding carboxylic acids is 3. The van der Waals surface area contributed by atoms with Gasteiger partial charge in [0.05, 0.1) is 25.5 Å². The van der Waals surface area contributed by atoms with Crippen LogP contribution >= 0.6 is 11.3 Å². The predicted molar refractivity (Wildman–Crippen MR) is 122 cm³/mol. The number of anilines is 1. The number of halogens is 1. The van der Waals surface area contributed by atoms with Gasteiger partial charge < -0.3 is 14.6 Å². The van der Waals surface area contributed by atoms with Gasteiger partial charge in [-0.15, -0.1) is 0 Å². The van der Waals surface area contributed by atoms with Crippen LogP contribution in [0.2, 0.25) is 0 Å². The van der Waals surface area contributed by atoms with Crippen LogP contribution in [0.4, 0.5) is 9.52 Å². The van der Waals surface area contributed by atoms with Gasteiger partial charge in [-0.3, -0.25) is 14.5 Å². The third-order valence-corrected chi connectivity index (χ3v) is 6.49. The number of aryl methyl sites for hydroxylation is 1. The number of carbonyl (C=O) groups is 3. The van der Waals surface area contributed by atoms with E-state index in [0.717, 1.165) is 16.2 Å². The Morgan fingerprint density at radius 2 is 1.88 bits per heavy atom. The van der Waals surface area contributed by atoms with Gasteiger partial charge >= 0.3 is 11.9 Å². The molecule has 1 aliphatic rings. The zero-order valence-corrected chi connectivity index (χ0v) is 19.2. The standard InChI is InChI=1S/C24H19FN2O6S/c1-12-21(23(31)33-3)34-24(26-12)27-18(15-9-4-5-10-16(15)25)17(20(29)22(27)30)19(28)13-7-6-8-14(11-13)32-2/h4-11,18,28H,1-3H3/b19-17-. The second-order valence-electron chi connectivity index (χ2n) is 7.33. The Morgan fingerprint density at radius 1 is 1.15 bits per heavy atom. The van der Waals surface area contributed by atoms with Gasteiger partial charge in [-0.05, 0) is 25.1 Å². The number of esters is 1. The summed E-state index contributed by atoms with van der Waals surface area (Å²) in [5.74, 6) is -3.44. The molecule has 4 rings (SSSR count). The van der Waals surface area contributed by atoms with Crippen LogP contribution in [0.5, 0.6) is 5.75 Å². The third kappa shape index (κ3) is 3.81. The second-order valence-corrected chi connectivity index (χ2v) is 8.30. The molecule has 1 amide bonds. The second kappa shape index (κ2) is 9.06. The topological polar surface area (TPSA) is 106 Å². The monoisotopic (exact) mass is 482 g/mol. The number of ether oxygens (including phenoxy) is 2. The van der Waals surface area contributed by atoms with Crippen LogP contribution in [0.3, 0.4) is 0 Å². The van der Waals surface area contributed by atoms with Crippen LogP contribution in [-0.4, -0.2) is 42.0 Å². The summed E-state index contributed by atoms with van der Waals surface area (Å²) in [5.41, 5.74) is 0.174. The number of thiazole rings is 1. The highest BCUT2D eigenvalue weighted by Gasteiger charge is 2.49. The lowest BCUT2D eigenvalue weighted by atomic mass is 9.95. The Bertz CT molecular complexity index is 1350. The maximum Gasteiger partial charge on any atom is 0.350 e. The number of methoxy groups -OCH3 is 2. The number of aliphatic hydroxyl groups excluding tert-OH is 1. The molecule has 10 heteroatoms. The van der Waals surface area contributed by atoms with E-state index in [1.807, 2.05) is 0 Å². The average molecular weight is 482 g/mol. The minimum atomic E-state index is -1.32. The lowest BCUT2D eigenvalue weighted by Crippen LogP contribution is -2.29. The molecule has 1 aliphatic heterocycles. The number of amides is 1. The lowest BCUT2D eigenvalue weighted by molar-refractivity contribution is -0.132. The summed E-state index contributed by atoms with van der Waals surface area (Å²) in [7, 11) is 2.65. The van der Waals surface area contributed by atoms with Crippen LogP contribution < -0.4 is 9.64 Å². The van der Waals surface area contributed by atoms with E-state index in [1.54, 1.807) is 25.1 Å². The van der Waals surface area contributed by atoms with Crippen molar-refractivity contribution in [2.75, 3.05) is 19.1 Å². The first-order chi connectivity index (χ1) is 16.3. The van der Waals surface area contributed by atoms with Crippen molar-refractivity contribution in [1.82, 2.24) is 4.98 Å². The van der Waals surface area contributed by atoms with Gasteiger partial charge in [0.2, 0.25) is 0 Å². The number of Topliss-reactive ketones (excluding diaryl/α,β-unsaturated/α-hetero) is 1. The van der Waals surface area contributed by atoms with Crippen LogP contribution in [0.25, 0.3) is 5.76 Å². The molecule has 0 aliphatic carbocycles. The molecule has 3 aromatic rings. The highest BCUT2D eigenvalue weighted by molar-refractivity contribution is 7.17. The fourth-order valence-corrected chi connectivity index (χ4v) is 4.73. The normalized spacial score (nSPS) is 17.2. The van der Waals surface area contributed by atoms with Gasteiger partial charge in [-0.2, -0.15) is 0 Å². The van der Waals surface area contributed by atoms with Crippen molar-refractivity contribution in [3.63, 3.8) is 0 Å². The van der Waals surface area contributed by atoms with Crippen molar-refractivity contribution in [3.05, 3.63) is 81.6 Å². The zero-order chi connectivity index (χ0) is 24.6. The molecular weight excluding hydrogens is 463 g/mol. The largest absolute Gasteiger partial charge is 0.507 e. The third-order valence-electron chi connectivity index (χ3n) is 5.35. The van der Waals surface area contributed by atoms with E-state index in [9.17, 15) is 23.9 Å². The molecule has 1 unspecified atom stereocenters. The summed E-state index contributed by atoms with van der Waals surface area (Å²) in [5, 5.41) is 11.1. The van der Waals surface area contributed by atoms with E-state index < -0.39 is 35.3 Å². The first kappa shape index (κ1) is 23.1. The van der Waals surface area contributed by atoms with Crippen molar-refractivity contribution in [2.45, 2.75) is 13.0 Å². The van der Waals surface area contributed by atoms with Gasteiger partial charge in [-0.25, -0.2) is 14.2 Å². The lowest BCUT2D eigenvalue weighted by Gasteiger charge is -2.23. The maximum atomic E-state index is 14.9. The molecule has 0 spiro atoms. The number of aliphatic hydroxyl groups is 1. The van der Waals surface area contributed by atoms with E-state index >= 15 is 0 Å². The number of ketones is 1. The van der Waals surface area contributed by atoms with Crippen LogP contribution in [0.1, 0.15) is 32.5 Å². The predicted octanol–water partition coefficient (Wildman–Crippen LogP) is 4.01. The van der Waals surface area contributed by atoms with E-state index in [1.165, 1.54) is 44.6 Å². The summed E-state index contributed by atoms with van der Waals surface area (Å²) in [6.45, 7) is 1.55. The molecule has 1 fully saturated rings. The number of hydrogen-bond acceptors (Lipinski definition) is 8. The summed E-state index contributed by atoms with van der Waals surface area (Å²) in [4.78, 5) is 43.8. The molecule has 0 bridgehead atoms. The molecule has 8 nitrogen and oxygen atoms in total. The SMILES string of the molecule is COC(=O)c1sc(N2C(=O)C(=O)/C(=C(\O)c3cccc(OC)c3)C2c2ccccc2F)nc1C. The Hall–Kier alpha value is -4.05. The quantitative estimate of drug-likeness (QED) is 0.253. The van der Waals surface area contributed by atoms with Gasteiger partial charge in [0, 0.05) is 11.1 Å². The van der Waals surface area contributed by atoms with Gasteiger partial charge in [0.15, 0.2) is 5.13 Å². The molecule has 2 heterocycles. The van der Waals surface area contributed by atoms with E-state index in [-0.39, 0.29) is 32.4 Å². The van der Waals surface area contributed by atoms with Gasteiger partial charge in [-0.1, -0.05) is 41.7 Å². The molecule has 1 aromatic heterocycles. The van der Waals surface area contributed by atoms with Crippen molar-refractivity contribution < 1.29 is 33.4 Å². The van der Waals surface area contributed by atoms with Crippen molar-refractivity contribution >= 4 is 39.9 Å². The zero-order valence-electron chi connectivity index (χ0n) is 18.4. The molecule has 1 saturated heterocycles. The van der Waals surface area contributed by atoms with Crippen LogP contribution in [0, 0.1) is 12.7 Å². The van der Waals surface area contributed by atoms with Crippen molar-refractivity contribution in [1.29, 1.82) is 0 Å². The maximum absolute atomic E-state index is 14.9. The summed E-state index contributed by atoms with van der Waals surface area (Å²) in [6.07, 6.45) is 0. The first-order valence-corrected chi connectivity index (χ1v) is 10.9. The highest BCUT2D eigenvalue weighted by atomic mass is 32.1. The van der Waals surface area contributed by atoms with E-state index in [2.05, 4.69) is 4.98 Å². The van der Waals surface area contributed by atoms with Crippen molar-refractivity contribution in [2.24, 2.45) is 0 Å². The fourth-order valence-electron chi connectivity index (χ4n) is 3.71. The average Bonchev–Trinajstić information content (AvgIpc) is 3.35. The van der Waals surface area contributed by atoms with Gasteiger partial charge in [0.1, 0.15) is 28.2 Å². The smallest absolute Gasteiger partial charge is 0.350 e. The Kier molecular flexibility index (Phi) is 6.16. The minimum Gasteiger partial charge on any atom is -0.507 e. The summed E-state index contributed by atoms with van der Waals surface area (Å²) < 4.78 is 24.9. The van der Waals surface area contributed by atoms with Crippen LogP contribution in [0.15, 0.2) is 54.1 Å². The number of nitrogens with zero attached hydrogens (tertiary/aromatic N) is 2. The first-order valence-electron chi connectivity index (χ1n) is 10.0. The number of rotatable bonds is 5. The van der Waals surface area contributed by atoms with Gasteiger partial charge in [0.25, 0.3) is 5.78 Å². The molecular formula is C24H19FN2O6S. The molecule has 1 N–H and O–H groups in total. The molecule has 34 heavy (non-hydrogen) atoms. The Balaban J connectivity index is 1.96. The Morgan fingerprint density at radius 3 is 2.56 bits per heavy atom. The van der Waals surface area contributed by atoms with E-state index in [4.69, 9.17) is 9.47 Å². The molecule has 0 saturated carbocycles. The number of benzene rings is 2. The minimum absolute atomic E-state index is 0.00190. The van der Waals surface area contributed by atoms with Crippen molar-refractivity contribution in [3.8, 4) is 5.75 Å².